The molecule has 0 radical (unpaired) electrons. The van der Waals surface area contributed by atoms with Gasteiger partial charge in [-0.05, 0) is 0 Å². The average Bonchev–Trinajstić information content (AvgIpc) is 1.90. The third-order valence-corrected chi connectivity index (χ3v) is 5.20. The van der Waals surface area contributed by atoms with E-state index in [1.54, 1.807) is 0 Å². The molecule has 0 nitrogen and oxygen atoms in total. The summed E-state index contributed by atoms with van der Waals surface area (Å²) >= 11 is -0.310. The zero-order valence-corrected chi connectivity index (χ0v) is 11.6. The quantitative estimate of drug-likeness (QED) is 0.586. The van der Waals surface area contributed by atoms with Crippen LogP contribution in [0.4, 0.5) is 0 Å². The van der Waals surface area contributed by atoms with Crippen LogP contribution in [0, 0.1) is 0 Å². The van der Waals surface area contributed by atoms with E-state index in [-0.39, 0.29) is 28.3 Å². The third-order valence-electron chi connectivity index (χ3n) is 1.73. The fourth-order valence-corrected chi connectivity index (χ4v) is 2.60. The van der Waals surface area contributed by atoms with Gasteiger partial charge >= 0.3 is 0 Å². The molecule has 0 amide bonds. The molecule has 0 aromatic rings. The summed E-state index contributed by atoms with van der Waals surface area (Å²) in [6, 6.07) is 0. The van der Waals surface area contributed by atoms with E-state index in [4.69, 9.17) is 0 Å². The molecule has 0 atom stereocenters. The Bertz CT molecular complexity index is 50.3. The van der Waals surface area contributed by atoms with Crippen molar-refractivity contribution in [1.29, 1.82) is 0 Å². The highest BCUT2D eigenvalue weighted by Gasteiger charge is 2.05. The van der Waals surface area contributed by atoms with E-state index in [0.29, 0.717) is 0 Å². The monoisotopic (exact) mass is 186 g/mol. The molecule has 0 saturated heterocycles. The molecule has 0 aliphatic heterocycles. The second-order valence-corrected chi connectivity index (χ2v) is 11.5. The topological polar surface area (TPSA) is 0 Å². The third kappa shape index (κ3) is 18.2. The van der Waals surface area contributed by atoms with Crippen molar-refractivity contribution in [3.05, 3.63) is 0 Å². The predicted octanol–water partition coefficient (Wildman–Crippen LogP) is 3.91. The normalized spacial score (nSPS) is 8.18. The van der Waals surface area contributed by atoms with Crippen LogP contribution in [0.25, 0.3) is 0 Å². The van der Waals surface area contributed by atoms with Gasteiger partial charge in [-0.15, -0.1) is 17.4 Å². The van der Waals surface area contributed by atoms with Crippen molar-refractivity contribution < 1.29 is 0 Å². The molecule has 0 fully saturated rings. The maximum Gasteiger partial charge on any atom is 0.261 e. The lowest BCUT2D eigenvalue weighted by atomic mass is 10.9. The molecular weight excluding hydrogens is 162 g/mol. The minimum atomic E-state index is -0.171. The Balaban J connectivity index is 0. The first-order chi connectivity index (χ1) is 5.08. The van der Waals surface area contributed by atoms with Gasteiger partial charge in [-0.25, -0.2) is 0 Å². The highest BCUT2D eigenvalue weighted by molar-refractivity contribution is 6.58. The van der Waals surface area contributed by atoms with Crippen LogP contribution in [0.15, 0.2) is 0 Å². The summed E-state index contributed by atoms with van der Waals surface area (Å²) in [4.78, 5) is 0. The van der Waals surface area contributed by atoms with Gasteiger partial charge in [0.1, 0.15) is 0 Å². The molecule has 0 rings (SSSR count). The zero-order chi connectivity index (χ0) is 9.28. The molecule has 0 spiro atoms. The van der Waals surface area contributed by atoms with Gasteiger partial charge in [0.15, 0.2) is 0 Å². The van der Waals surface area contributed by atoms with Crippen LogP contribution in [0.1, 0.15) is 20.8 Å². The van der Waals surface area contributed by atoms with Crippen molar-refractivity contribution in [3.63, 3.8) is 0 Å². The van der Waals surface area contributed by atoms with Crippen molar-refractivity contribution in [2.24, 2.45) is 0 Å². The molecule has 0 aromatic heterocycles. The van der Waals surface area contributed by atoms with Gasteiger partial charge in [0, 0.05) is 0 Å². The number of hydrogen-bond donors (Lipinski definition) is 0. The molecular formula is C9H24Al2. The molecule has 0 N–H and O–H groups in total. The predicted molar refractivity (Wildman–Crippen MR) is 60.5 cm³/mol. The SMILES string of the molecule is C[CH2][Al]([CH2]C)[CH2]C.[CH3][Al]([CH3])[CH3]. The lowest BCUT2D eigenvalue weighted by Crippen LogP contribution is -2.04. The van der Waals surface area contributed by atoms with Gasteiger partial charge in [0.2, 0.25) is 0 Å². The first-order valence-electron chi connectivity index (χ1n) is 5.08. The molecule has 0 heterocycles. The zero-order valence-electron chi connectivity index (χ0n) is 9.28. The van der Waals surface area contributed by atoms with E-state index in [1.165, 1.54) is 15.8 Å². The summed E-state index contributed by atoms with van der Waals surface area (Å²) in [6.45, 7) is 6.97. The largest absolute Gasteiger partial charge is 0.261 e. The lowest BCUT2D eigenvalue weighted by molar-refractivity contribution is 1.24. The summed E-state index contributed by atoms with van der Waals surface area (Å²) in [6.07, 6.45) is 0. The summed E-state index contributed by atoms with van der Waals surface area (Å²) in [5.41, 5.74) is 0. The van der Waals surface area contributed by atoms with Crippen molar-refractivity contribution in [2.75, 3.05) is 0 Å². The van der Waals surface area contributed by atoms with Crippen LogP contribution in [0.3, 0.4) is 0 Å². The highest BCUT2D eigenvalue weighted by Crippen LogP contribution is 2.01. The van der Waals surface area contributed by atoms with Crippen LogP contribution in [-0.4, -0.2) is 28.3 Å². The van der Waals surface area contributed by atoms with Gasteiger partial charge in [-0.3, -0.25) is 0 Å². The van der Waals surface area contributed by atoms with Gasteiger partial charge in [0.05, 0.1) is 0 Å². The molecule has 66 valence electrons. The fourth-order valence-electron chi connectivity index (χ4n) is 0.866. The van der Waals surface area contributed by atoms with Crippen molar-refractivity contribution >= 4 is 28.3 Å². The average molecular weight is 186 g/mol. The minimum absolute atomic E-state index is 0.139. The Labute approximate surface area is 82.2 Å². The van der Waals surface area contributed by atoms with Crippen LogP contribution in [0.2, 0.25) is 33.2 Å². The molecule has 0 unspecified atom stereocenters. The maximum absolute atomic E-state index is 2.32. The van der Waals surface area contributed by atoms with Crippen molar-refractivity contribution in [1.82, 2.24) is 0 Å². The molecule has 0 aliphatic rings. The first-order valence-corrected chi connectivity index (χ1v) is 11.0. The molecule has 0 saturated carbocycles. The molecule has 11 heavy (non-hydrogen) atoms. The molecule has 0 bridgehead atoms. The highest BCUT2D eigenvalue weighted by atomic mass is 27.2. The van der Waals surface area contributed by atoms with E-state index in [1.807, 2.05) is 0 Å². The van der Waals surface area contributed by atoms with Crippen LogP contribution in [-0.2, 0) is 0 Å². The number of rotatable bonds is 3. The Kier molecular flexibility index (Phi) is 14.7. The summed E-state index contributed by atoms with van der Waals surface area (Å²) < 4.78 is 0. The first kappa shape index (κ1) is 14.6. The van der Waals surface area contributed by atoms with E-state index in [2.05, 4.69) is 38.1 Å². The van der Waals surface area contributed by atoms with E-state index < -0.39 is 0 Å². The second kappa shape index (κ2) is 11.1. The van der Waals surface area contributed by atoms with Gasteiger partial charge in [-0.2, -0.15) is 0 Å². The Morgan fingerprint density at radius 2 is 0.909 bits per heavy atom. The van der Waals surface area contributed by atoms with Crippen LogP contribution in [0.5, 0.6) is 0 Å². The van der Waals surface area contributed by atoms with Crippen molar-refractivity contribution in [2.45, 2.75) is 54.0 Å². The van der Waals surface area contributed by atoms with E-state index in [9.17, 15) is 0 Å². The Morgan fingerprint density at radius 3 is 0.909 bits per heavy atom. The van der Waals surface area contributed by atoms with Crippen LogP contribution < -0.4 is 0 Å². The summed E-state index contributed by atoms with van der Waals surface area (Å²) in [7, 11) is 0. The maximum atomic E-state index is 2.32. The summed E-state index contributed by atoms with van der Waals surface area (Å²) in [5.74, 6) is 6.92. The minimum Gasteiger partial charge on any atom is -0.106 e. The Hall–Kier alpha value is 1.06. The molecule has 0 aliphatic carbocycles. The van der Waals surface area contributed by atoms with Gasteiger partial charge < -0.3 is 0 Å². The van der Waals surface area contributed by atoms with Gasteiger partial charge in [-0.1, -0.05) is 36.6 Å². The number of hydrogen-bond acceptors (Lipinski definition) is 0. The van der Waals surface area contributed by atoms with E-state index in [0.717, 1.165) is 0 Å². The summed E-state index contributed by atoms with van der Waals surface area (Å²) in [5, 5.41) is 4.48. The fraction of sp³-hybridized carbons (Fsp3) is 1.00. The van der Waals surface area contributed by atoms with E-state index >= 15 is 0 Å². The molecule has 0 aromatic carbocycles. The second-order valence-electron chi connectivity index (χ2n) is 3.82. The molecule has 2 heteroatoms. The standard InChI is InChI=1S/3C2H5.3CH3.2Al/c3*1-2;;;;;/h3*1H2,2H3;3*1H3;;. The van der Waals surface area contributed by atoms with Crippen molar-refractivity contribution in [3.8, 4) is 0 Å². The smallest absolute Gasteiger partial charge is 0.106 e. The van der Waals surface area contributed by atoms with Gasteiger partial charge in [0.25, 0.3) is 28.3 Å². The Morgan fingerprint density at radius 1 is 0.727 bits per heavy atom. The van der Waals surface area contributed by atoms with Crippen LogP contribution >= 0.6 is 0 Å². The lowest BCUT2D eigenvalue weighted by Gasteiger charge is -1.97.